The Morgan fingerprint density at radius 1 is 1.00 bits per heavy atom. The van der Waals surface area contributed by atoms with Crippen LogP contribution in [0.3, 0.4) is 0 Å². The zero-order valence-corrected chi connectivity index (χ0v) is 20.7. The summed E-state index contributed by atoms with van der Waals surface area (Å²) in [6, 6.07) is 16.8. The van der Waals surface area contributed by atoms with E-state index in [9.17, 15) is 20.1 Å². The highest BCUT2D eigenvalue weighted by atomic mass is 16.5. The number of benzene rings is 3. The molecule has 1 atom stereocenters. The largest absolute Gasteiger partial charge is 0.667 e. The SMILES string of the molecule is CCc1cc(-c2cccc(CCc3c(O)c(OC)c(O)c4c3OC(c3ccc(O)cc3)CC4=[OH+])c2)c[n-]1. The van der Waals surface area contributed by atoms with Crippen molar-refractivity contribution in [3.63, 3.8) is 0 Å². The molecule has 0 bridgehead atoms. The summed E-state index contributed by atoms with van der Waals surface area (Å²) in [4.78, 5) is 15.4. The fourth-order valence-corrected chi connectivity index (χ4v) is 4.82. The molecule has 1 unspecified atom stereocenters. The van der Waals surface area contributed by atoms with Gasteiger partial charge in [0.2, 0.25) is 5.75 Å². The summed E-state index contributed by atoms with van der Waals surface area (Å²) in [6.45, 7) is 2.07. The molecule has 0 saturated carbocycles. The molecule has 5 rings (SSSR count). The first kappa shape index (κ1) is 24.3. The molecule has 3 aromatic carbocycles. The molecule has 7 nitrogen and oxygen atoms in total. The van der Waals surface area contributed by atoms with Crippen LogP contribution in [-0.2, 0) is 19.3 Å². The average Bonchev–Trinajstić information content (AvgIpc) is 3.39. The third kappa shape index (κ3) is 4.60. The van der Waals surface area contributed by atoms with E-state index in [1.54, 1.807) is 24.3 Å². The number of hydrogen-bond donors (Lipinski definition) is 3. The van der Waals surface area contributed by atoms with Crippen molar-refractivity contribution in [2.75, 3.05) is 7.11 Å². The van der Waals surface area contributed by atoms with Gasteiger partial charge in [0.25, 0.3) is 0 Å². The van der Waals surface area contributed by atoms with Crippen LogP contribution in [0.15, 0.2) is 60.8 Å². The minimum Gasteiger partial charge on any atom is -0.667 e. The number of hydrogen-bond acceptors (Lipinski definition) is 5. The molecular formula is C30H29NO6. The zero-order chi connectivity index (χ0) is 26.1. The molecule has 1 aromatic heterocycles. The van der Waals surface area contributed by atoms with Crippen LogP contribution in [0.5, 0.6) is 28.7 Å². The van der Waals surface area contributed by atoms with Crippen LogP contribution in [-0.4, -0.2) is 33.0 Å². The van der Waals surface area contributed by atoms with Gasteiger partial charge in [-0.05, 0) is 47.2 Å². The molecule has 4 aromatic rings. The Labute approximate surface area is 214 Å². The van der Waals surface area contributed by atoms with Crippen molar-refractivity contribution in [2.45, 2.75) is 38.7 Å². The fraction of sp³-hybridized carbons (Fsp3) is 0.233. The van der Waals surface area contributed by atoms with Gasteiger partial charge in [0.15, 0.2) is 17.1 Å². The molecule has 0 aliphatic carbocycles. The van der Waals surface area contributed by atoms with Gasteiger partial charge in [-0.1, -0.05) is 55.8 Å². The van der Waals surface area contributed by atoms with E-state index in [0.29, 0.717) is 18.4 Å². The number of aromatic hydroxyl groups is 3. The summed E-state index contributed by atoms with van der Waals surface area (Å²) in [7, 11) is 1.35. The van der Waals surface area contributed by atoms with Gasteiger partial charge >= 0.3 is 5.78 Å². The van der Waals surface area contributed by atoms with E-state index in [-0.39, 0.29) is 46.5 Å². The van der Waals surface area contributed by atoms with E-state index in [1.807, 2.05) is 24.4 Å². The van der Waals surface area contributed by atoms with Crippen molar-refractivity contribution >= 4 is 5.78 Å². The highest BCUT2D eigenvalue weighted by Gasteiger charge is 2.39. The molecule has 1 aliphatic rings. The highest BCUT2D eigenvalue weighted by Crippen LogP contribution is 2.52. The number of phenols is 3. The molecule has 1 aliphatic heterocycles. The summed E-state index contributed by atoms with van der Waals surface area (Å²) in [6.07, 6.45) is 3.27. The van der Waals surface area contributed by atoms with Crippen LogP contribution in [0.1, 0.15) is 47.4 Å². The number of fused-ring (bicyclic) bond motifs is 1. The van der Waals surface area contributed by atoms with E-state index < -0.39 is 6.10 Å². The van der Waals surface area contributed by atoms with Crippen molar-refractivity contribution in [1.29, 1.82) is 0 Å². The van der Waals surface area contributed by atoms with E-state index in [2.05, 4.69) is 24.0 Å². The maximum absolute atomic E-state index is 11.0. The summed E-state index contributed by atoms with van der Waals surface area (Å²) < 4.78 is 11.6. The first-order chi connectivity index (χ1) is 17.9. The lowest BCUT2D eigenvalue weighted by atomic mass is 9.90. The van der Waals surface area contributed by atoms with E-state index in [1.165, 1.54) is 7.11 Å². The summed E-state index contributed by atoms with van der Waals surface area (Å²) in [5.41, 5.74) is 5.54. The number of nitrogens with zero attached hydrogens (tertiary/aromatic N) is 1. The number of methoxy groups -OCH3 is 1. The van der Waals surface area contributed by atoms with Crippen LogP contribution in [0, 0.1) is 0 Å². The second kappa shape index (κ2) is 9.93. The Morgan fingerprint density at radius 2 is 1.78 bits per heavy atom. The van der Waals surface area contributed by atoms with Crippen LogP contribution < -0.4 is 14.5 Å². The second-order valence-electron chi connectivity index (χ2n) is 9.17. The number of rotatable bonds is 7. The number of aryl methyl sites for hydroxylation is 2. The topological polar surface area (TPSA) is 115 Å². The number of aromatic nitrogens is 1. The van der Waals surface area contributed by atoms with Gasteiger partial charge in [-0.25, -0.2) is 0 Å². The van der Waals surface area contributed by atoms with E-state index in [0.717, 1.165) is 34.4 Å². The maximum atomic E-state index is 11.0. The Balaban J connectivity index is 1.49. The lowest BCUT2D eigenvalue weighted by molar-refractivity contribution is 0.197. The smallest absolute Gasteiger partial charge is 0.335 e. The van der Waals surface area contributed by atoms with Gasteiger partial charge in [0, 0.05) is 5.56 Å². The number of ketones is 1. The molecule has 0 fully saturated rings. The number of phenolic OH excluding ortho intramolecular Hbond substituents is 3. The van der Waals surface area contributed by atoms with Crippen molar-refractivity contribution in [3.8, 4) is 39.9 Å². The molecule has 0 radical (unpaired) electrons. The zero-order valence-electron chi connectivity index (χ0n) is 20.7. The van der Waals surface area contributed by atoms with Crippen LogP contribution in [0.2, 0.25) is 0 Å². The first-order valence-corrected chi connectivity index (χ1v) is 12.3. The lowest BCUT2D eigenvalue weighted by Gasteiger charge is -2.27. The quantitative estimate of drug-likeness (QED) is 0.301. The van der Waals surface area contributed by atoms with Gasteiger partial charge in [-0.15, -0.1) is 0 Å². The molecule has 0 amide bonds. The van der Waals surface area contributed by atoms with Crippen molar-refractivity contribution in [3.05, 3.63) is 88.7 Å². The molecule has 190 valence electrons. The number of carbonyl (C=O) groups excluding carboxylic acids is 1. The Bertz CT molecular complexity index is 1450. The van der Waals surface area contributed by atoms with Crippen LogP contribution in [0.4, 0.5) is 0 Å². The van der Waals surface area contributed by atoms with Gasteiger partial charge in [-0.3, -0.25) is 4.79 Å². The number of ether oxygens (including phenoxy) is 2. The Hall–Kier alpha value is -4.39. The fourth-order valence-electron chi connectivity index (χ4n) is 4.82. The summed E-state index contributed by atoms with van der Waals surface area (Å²) in [5, 5.41) is 31.5. The second-order valence-corrected chi connectivity index (χ2v) is 9.17. The molecule has 0 spiro atoms. The lowest BCUT2D eigenvalue weighted by Crippen LogP contribution is -2.23. The molecule has 2 heterocycles. The highest BCUT2D eigenvalue weighted by molar-refractivity contribution is 6.05. The minimum absolute atomic E-state index is 0.0613. The van der Waals surface area contributed by atoms with Gasteiger partial charge in [-0.2, -0.15) is 11.9 Å². The Morgan fingerprint density at radius 3 is 2.49 bits per heavy atom. The van der Waals surface area contributed by atoms with Crippen molar-refractivity contribution in [1.82, 2.24) is 4.98 Å². The van der Waals surface area contributed by atoms with E-state index in [4.69, 9.17) is 9.47 Å². The minimum atomic E-state index is -0.556. The predicted molar refractivity (Wildman–Crippen MR) is 140 cm³/mol. The molecule has 7 heteroatoms. The monoisotopic (exact) mass is 499 g/mol. The van der Waals surface area contributed by atoms with E-state index >= 15 is 0 Å². The third-order valence-corrected chi connectivity index (χ3v) is 6.83. The molecular weight excluding hydrogens is 470 g/mol. The van der Waals surface area contributed by atoms with Gasteiger partial charge in [0.05, 0.1) is 7.11 Å². The van der Waals surface area contributed by atoms with Crippen molar-refractivity contribution < 1.29 is 29.6 Å². The normalized spacial score (nSPS) is 14.8. The summed E-state index contributed by atoms with van der Waals surface area (Å²) in [5.74, 6) is -0.398. The Kier molecular flexibility index (Phi) is 6.53. The van der Waals surface area contributed by atoms with Crippen LogP contribution in [0.25, 0.3) is 11.1 Å². The van der Waals surface area contributed by atoms with Crippen molar-refractivity contribution in [2.24, 2.45) is 0 Å². The predicted octanol–water partition coefficient (Wildman–Crippen LogP) is 5.20. The van der Waals surface area contributed by atoms with Gasteiger partial charge in [0.1, 0.15) is 24.0 Å². The maximum Gasteiger partial charge on any atom is 0.335 e. The summed E-state index contributed by atoms with van der Waals surface area (Å²) >= 11 is 0. The standard InChI is InChI=1S/C30H28NO6/c1-3-21-14-20(16-31-21)19-6-4-5-17(13-19)7-12-23-27(34)30(36-2)28(35)26-24(33)15-25(37-29(23)26)18-8-10-22(32)11-9-18/h4-6,8-11,13-14,16,25,32H,3,7,12,15H2,1-2H3,(H2,33,34,35)/q-1/p+1. The molecule has 0 saturated heterocycles. The molecule has 37 heavy (non-hydrogen) atoms. The third-order valence-electron chi connectivity index (χ3n) is 6.83. The van der Waals surface area contributed by atoms with Gasteiger partial charge < -0.3 is 29.8 Å². The van der Waals surface area contributed by atoms with Crippen LogP contribution >= 0.6 is 0 Å². The average molecular weight is 500 g/mol. The first-order valence-electron chi connectivity index (χ1n) is 12.3. The molecule has 4 N–H and O–H groups in total.